The van der Waals surface area contributed by atoms with Gasteiger partial charge in [-0.1, -0.05) is 15.9 Å². The maximum absolute atomic E-state index is 13.6. The molecule has 7 heteroatoms. The summed E-state index contributed by atoms with van der Waals surface area (Å²) in [6.07, 6.45) is 1.34. The van der Waals surface area contributed by atoms with Crippen LogP contribution in [-0.2, 0) is 4.74 Å². The normalized spacial score (nSPS) is 19.1. The van der Waals surface area contributed by atoms with Gasteiger partial charge in [0.25, 0.3) is 5.91 Å². The van der Waals surface area contributed by atoms with E-state index in [1.165, 1.54) is 12.1 Å². The van der Waals surface area contributed by atoms with Crippen LogP contribution in [-0.4, -0.2) is 52.6 Å². The number of amides is 2. The maximum Gasteiger partial charge on any atom is 0.410 e. The van der Waals surface area contributed by atoms with Crippen molar-refractivity contribution in [3.8, 4) is 0 Å². The summed E-state index contributed by atoms with van der Waals surface area (Å²) in [5.74, 6) is -0.642. The van der Waals surface area contributed by atoms with Gasteiger partial charge in [-0.3, -0.25) is 4.79 Å². The molecule has 2 amide bonds. The van der Waals surface area contributed by atoms with Crippen LogP contribution in [0, 0.1) is 5.82 Å². The highest BCUT2D eigenvalue weighted by Gasteiger charge is 2.54. The number of carbonyl (C=O) groups is 2. The number of rotatable bonds is 1. The Morgan fingerprint density at radius 1 is 1.20 bits per heavy atom. The van der Waals surface area contributed by atoms with E-state index in [4.69, 9.17) is 4.74 Å². The first-order chi connectivity index (χ1) is 11.6. The summed E-state index contributed by atoms with van der Waals surface area (Å²) >= 11 is 3.23. The van der Waals surface area contributed by atoms with E-state index in [1.54, 1.807) is 15.9 Å². The summed E-state index contributed by atoms with van der Waals surface area (Å²) in [6.45, 7) is 6.80. The predicted molar refractivity (Wildman–Crippen MR) is 94.9 cm³/mol. The van der Waals surface area contributed by atoms with Crippen LogP contribution in [0.5, 0.6) is 0 Å². The SMILES string of the molecule is CC(C)(C)OC(=O)N1CCN(C(=O)c2cc(F)cc(Br)c2)C2(CC2)C1. The molecule has 1 saturated heterocycles. The molecule has 1 spiro atoms. The van der Waals surface area contributed by atoms with Crippen molar-refractivity contribution in [3.05, 3.63) is 34.1 Å². The number of carbonyl (C=O) groups excluding carboxylic acids is 2. The van der Waals surface area contributed by atoms with Gasteiger partial charge >= 0.3 is 6.09 Å². The van der Waals surface area contributed by atoms with Crippen molar-refractivity contribution in [2.45, 2.75) is 44.8 Å². The average Bonchev–Trinajstić information content (AvgIpc) is 3.23. The van der Waals surface area contributed by atoms with Gasteiger partial charge in [-0.25, -0.2) is 9.18 Å². The van der Waals surface area contributed by atoms with Crippen molar-refractivity contribution in [1.29, 1.82) is 0 Å². The highest BCUT2D eigenvalue weighted by atomic mass is 79.9. The van der Waals surface area contributed by atoms with E-state index in [9.17, 15) is 14.0 Å². The van der Waals surface area contributed by atoms with Gasteiger partial charge in [0.2, 0.25) is 0 Å². The molecular weight excluding hydrogens is 391 g/mol. The van der Waals surface area contributed by atoms with Crippen LogP contribution in [0.1, 0.15) is 44.0 Å². The minimum Gasteiger partial charge on any atom is -0.444 e. The minimum absolute atomic E-state index is 0.193. The number of nitrogens with zero attached hydrogens (tertiary/aromatic N) is 2. The lowest BCUT2D eigenvalue weighted by molar-refractivity contribution is 0.000628. The first-order valence-corrected chi connectivity index (χ1v) is 9.15. The van der Waals surface area contributed by atoms with Crippen molar-refractivity contribution in [3.63, 3.8) is 0 Å². The van der Waals surface area contributed by atoms with Gasteiger partial charge in [0, 0.05) is 29.7 Å². The van der Waals surface area contributed by atoms with Crippen LogP contribution in [0.3, 0.4) is 0 Å². The lowest BCUT2D eigenvalue weighted by Crippen LogP contribution is -2.58. The highest BCUT2D eigenvalue weighted by Crippen LogP contribution is 2.45. The van der Waals surface area contributed by atoms with E-state index in [1.807, 2.05) is 20.8 Å². The number of hydrogen-bond acceptors (Lipinski definition) is 3. The zero-order valence-corrected chi connectivity index (χ0v) is 16.2. The molecule has 1 saturated carbocycles. The van der Waals surface area contributed by atoms with Crippen molar-refractivity contribution in [2.24, 2.45) is 0 Å². The summed E-state index contributed by atoms with van der Waals surface area (Å²) in [5, 5.41) is 0. The summed E-state index contributed by atoms with van der Waals surface area (Å²) in [6, 6.07) is 4.20. The summed E-state index contributed by atoms with van der Waals surface area (Å²) < 4.78 is 19.6. The van der Waals surface area contributed by atoms with Crippen LogP contribution in [0.2, 0.25) is 0 Å². The Balaban J connectivity index is 1.74. The molecule has 1 aliphatic heterocycles. The Morgan fingerprint density at radius 3 is 2.44 bits per heavy atom. The van der Waals surface area contributed by atoms with Crippen LogP contribution in [0.15, 0.2) is 22.7 Å². The molecule has 1 aromatic rings. The molecule has 0 atom stereocenters. The van der Waals surface area contributed by atoms with Crippen LogP contribution in [0.4, 0.5) is 9.18 Å². The Kier molecular flexibility index (Phi) is 4.56. The van der Waals surface area contributed by atoms with Gasteiger partial charge in [0.1, 0.15) is 11.4 Å². The van der Waals surface area contributed by atoms with Crippen LogP contribution < -0.4 is 0 Å². The van der Waals surface area contributed by atoms with E-state index < -0.39 is 11.4 Å². The number of ether oxygens (including phenoxy) is 1. The van der Waals surface area contributed by atoms with E-state index in [0.717, 1.165) is 12.8 Å². The fourth-order valence-electron chi connectivity index (χ4n) is 3.18. The van der Waals surface area contributed by atoms with Gasteiger partial charge in [-0.15, -0.1) is 0 Å². The second-order valence-electron chi connectivity index (χ2n) is 7.74. The third kappa shape index (κ3) is 3.97. The zero-order chi connectivity index (χ0) is 18.4. The summed E-state index contributed by atoms with van der Waals surface area (Å²) in [7, 11) is 0. The molecule has 0 aromatic heterocycles. The van der Waals surface area contributed by atoms with Gasteiger partial charge in [-0.2, -0.15) is 0 Å². The van der Waals surface area contributed by atoms with Crippen LogP contribution >= 0.6 is 15.9 Å². The molecule has 25 heavy (non-hydrogen) atoms. The molecular formula is C18H22BrFN2O3. The van der Waals surface area contributed by atoms with Gasteiger partial charge in [-0.05, 0) is 51.8 Å². The average molecular weight is 413 g/mol. The molecule has 3 rings (SSSR count). The third-order valence-electron chi connectivity index (χ3n) is 4.48. The van der Waals surface area contributed by atoms with Gasteiger partial charge in [0.05, 0.1) is 5.54 Å². The topological polar surface area (TPSA) is 49.9 Å². The molecule has 1 heterocycles. The molecule has 0 unspecified atom stereocenters. The molecule has 5 nitrogen and oxygen atoms in total. The number of benzene rings is 1. The maximum atomic E-state index is 13.6. The minimum atomic E-state index is -0.547. The largest absolute Gasteiger partial charge is 0.444 e. The van der Waals surface area contributed by atoms with E-state index >= 15 is 0 Å². The summed E-state index contributed by atoms with van der Waals surface area (Å²) in [4.78, 5) is 28.6. The number of hydrogen-bond donors (Lipinski definition) is 0. The summed E-state index contributed by atoms with van der Waals surface area (Å²) in [5.41, 5.74) is -0.566. The fraction of sp³-hybridized carbons (Fsp3) is 0.556. The van der Waals surface area contributed by atoms with Crippen molar-refractivity contribution in [2.75, 3.05) is 19.6 Å². The molecule has 136 valence electrons. The lowest BCUT2D eigenvalue weighted by atomic mass is 10.1. The van der Waals surface area contributed by atoms with Gasteiger partial charge in [0.15, 0.2) is 0 Å². The Hall–Kier alpha value is -1.63. The lowest BCUT2D eigenvalue weighted by Gasteiger charge is -2.42. The number of halogens is 2. The van der Waals surface area contributed by atoms with E-state index in [-0.39, 0.29) is 17.5 Å². The molecule has 0 bridgehead atoms. The fourth-order valence-corrected chi connectivity index (χ4v) is 3.65. The Labute approximate surface area is 155 Å². The first-order valence-electron chi connectivity index (χ1n) is 8.36. The number of piperazine rings is 1. The molecule has 1 aromatic carbocycles. The molecule has 0 N–H and O–H groups in total. The standard InChI is InChI=1S/C18H22BrFN2O3/c1-17(2,3)25-16(24)21-6-7-22(18(11-21)4-5-18)15(23)12-8-13(19)10-14(20)9-12/h8-10H,4-7,11H2,1-3H3. The molecule has 2 aliphatic rings. The Bertz CT molecular complexity index is 693. The zero-order valence-electron chi connectivity index (χ0n) is 14.6. The van der Waals surface area contributed by atoms with Crippen molar-refractivity contribution < 1.29 is 18.7 Å². The Morgan fingerprint density at radius 2 is 1.88 bits per heavy atom. The van der Waals surface area contributed by atoms with Crippen molar-refractivity contribution in [1.82, 2.24) is 9.80 Å². The predicted octanol–water partition coefficient (Wildman–Crippen LogP) is 3.81. The first kappa shape index (κ1) is 18.2. The molecule has 1 aliphatic carbocycles. The van der Waals surface area contributed by atoms with E-state index in [0.29, 0.717) is 29.7 Å². The quantitative estimate of drug-likeness (QED) is 0.704. The van der Waals surface area contributed by atoms with Gasteiger partial charge < -0.3 is 14.5 Å². The van der Waals surface area contributed by atoms with Crippen LogP contribution in [0.25, 0.3) is 0 Å². The monoisotopic (exact) mass is 412 g/mol. The smallest absolute Gasteiger partial charge is 0.410 e. The second kappa shape index (κ2) is 6.27. The molecule has 2 fully saturated rings. The van der Waals surface area contributed by atoms with Crippen molar-refractivity contribution >= 4 is 27.9 Å². The third-order valence-corrected chi connectivity index (χ3v) is 4.94. The second-order valence-corrected chi connectivity index (χ2v) is 8.66. The molecule has 0 radical (unpaired) electrons. The highest BCUT2D eigenvalue weighted by molar-refractivity contribution is 9.10. The van der Waals surface area contributed by atoms with E-state index in [2.05, 4.69) is 15.9 Å².